The fourth-order valence-electron chi connectivity index (χ4n) is 9.34. The van der Waals surface area contributed by atoms with Gasteiger partial charge in [-0.15, -0.1) is 11.3 Å². The molecular weight excluding hydrogens is 689 g/mol. The van der Waals surface area contributed by atoms with E-state index in [1.807, 2.05) is 11.3 Å². The molecule has 0 saturated carbocycles. The van der Waals surface area contributed by atoms with Gasteiger partial charge in [-0.1, -0.05) is 133 Å². The molecule has 0 bridgehead atoms. The van der Waals surface area contributed by atoms with Gasteiger partial charge < -0.3 is 4.98 Å². The second-order valence-electron chi connectivity index (χ2n) is 14.6. The van der Waals surface area contributed by atoms with Crippen LogP contribution in [-0.2, 0) is 0 Å². The molecule has 0 radical (unpaired) electrons. The number of aromatic nitrogens is 4. The smallest absolute Gasteiger partial charge is 0.165 e. The van der Waals surface area contributed by atoms with Crippen LogP contribution in [-0.4, -0.2) is 19.5 Å². The number of hydrogen-bond acceptors (Lipinski definition) is 3. The van der Waals surface area contributed by atoms with Crippen LogP contribution in [0.4, 0.5) is 0 Å². The van der Waals surface area contributed by atoms with Crippen LogP contribution in [0.15, 0.2) is 164 Å². The summed E-state index contributed by atoms with van der Waals surface area (Å²) in [5, 5.41) is 16.1. The van der Waals surface area contributed by atoms with Crippen molar-refractivity contribution in [3.05, 3.63) is 164 Å². The number of fused-ring (bicyclic) bond motifs is 18. The van der Waals surface area contributed by atoms with Crippen molar-refractivity contribution in [3.63, 3.8) is 0 Å². The Bertz CT molecular complexity index is 3760. The second-order valence-corrected chi connectivity index (χ2v) is 15.6. The lowest BCUT2D eigenvalue weighted by Crippen LogP contribution is -2.03. The van der Waals surface area contributed by atoms with Crippen LogP contribution < -0.4 is 0 Å². The predicted molar refractivity (Wildman–Crippen MR) is 234 cm³/mol. The molecule has 0 aliphatic rings. The Morgan fingerprint density at radius 3 is 1.87 bits per heavy atom. The molecule has 13 aromatic rings. The first-order chi connectivity index (χ1) is 27.3. The largest absolute Gasteiger partial charge is 0.338 e. The number of para-hydroxylation sites is 1. The molecular formula is C50H28N4S. The number of thiophene rings is 1. The van der Waals surface area contributed by atoms with Crippen LogP contribution in [0.3, 0.4) is 0 Å². The van der Waals surface area contributed by atoms with E-state index in [4.69, 9.17) is 9.97 Å². The first-order valence-corrected chi connectivity index (χ1v) is 19.5. The Balaban J connectivity index is 1.24. The quantitative estimate of drug-likeness (QED) is 0.181. The molecule has 0 spiro atoms. The van der Waals surface area contributed by atoms with Gasteiger partial charge in [0, 0.05) is 52.8 Å². The van der Waals surface area contributed by atoms with Crippen LogP contribution in [0.5, 0.6) is 0 Å². The molecule has 4 aromatic heterocycles. The molecule has 1 N–H and O–H groups in total. The third-order valence-corrected chi connectivity index (χ3v) is 12.8. The van der Waals surface area contributed by atoms with Gasteiger partial charge in [-0.25, -0.2) is 9.97 Å². The zero-order valence-electron chi connectivity index (χ0n) is 29.3. The number of rotatable bonds is 2. The summed E-state index contributed by atoms with van der Waals surface area (Å²) in [4.78, 5) is 14.7. The molecule has 5 heteroatoms. The zero-order valence-corrected chi connectivity index (χ0v) is 30.2. The van der Waals surface area contributed by atoms with E-state index >= 15 is 0 Å². The van der Waals surface area contributed by atoms with Crippen LogP contribution >= 0.6 is 11.3 Å². The second kappa shape index (κ2) is 10.8. The van der Waals surface area contributed by atoms with E-state index in [1.165, 1.54) is 74.0 Å². The first-order valence-electron chi connectivity index (χ1n) is 18.7. The lowest BCUT2D eigenvalue weighted by atomic mass is 9.91. The van der Waals surface area contributed by atoms with E-state index in [2.05, 4.69) is 173 Å². The van der Waals surface area contributed by atoms with Gasteiger partial charge in [0.2, 0.25) is 0 Å². The van der Waals surface area contributed by atoms with Crippen LogP contribution in [0, 0.1) is 0 Å². The average molecular weight is 717 g/mol. The third-order valence-electron chi connectivity index (χ3n) is 11.7. The lowest BCUT2D eigenvalue weighted by Gasteiger charge is -2.14. The molecule has 13 rings (SSSR count). The molecule has 0 atom stereocenters. The van der Waals surface area contributed by atoms with Gasteiger partial charge in [0.25, 0.3) is 0 Å². The SMILES string of the molecule is c1ccc2c(c1)ccc1c2c2c3c4ccccc4c4ccccc4c3ccc2n1-c1nc2c(nc1-c1ccc3c(c1)sc1ccccc13)[nH]c1ccccc12. The first kappa shape index (κ1) is 29.4. The van der Waals surface area contributed by atoms with E-state index < -0.39 is 0 Å². The molecule has 0 saturated heterocycles. The lowest BCUT2D eigenvalue weighted by molar-refractivity contribution is 1.08. The van der Waals surface area contributed by atoms with Gasteiger partial charge in [-0.2, -0.15) is 0 Å². The van der Waals surface area contributed by atoms with E-state index in [0.29, 0.717) is 0 Å². The molecule has 9 aromatic carbocycles. The predicted octanol–water partition coefficient (Wildman–Crippen LogP) is 13.9. The standard InChI is InChI=1S/C50H28N4S/c1-2-12-30-28(11-1)22-25-40-45(30)46-41(26-24-37-33-15-4-3-13-31(33)32-14-5-6-17-36(32)44(37)46)54(40)50-47(52-49-48(53-50)38-18-7-9-19-39(38)51-49)29-21-23-35-34-16-8-10-20-42(34)55-43(35)27-29/h1-27H,(H,51,52). The highest BCUT2D eigenvalue weighted by molar-refractivity contribution is 7.25. The average Bonchev–Trinajstić information content (AvgIpc) is 3.92. The summed E-state index contributed by atoms with van der Waals surface area (Å²) in [7, 11) is 0. The molecule has 0 amide bonds. The minimum absolute atomic E-state index is 0.783. The highest BCUT2D eigenvalue weighted by atomic mass is 32.1. The topological polar surface area (TPSA) is 46.5 Å². The third kappa shape index (κ3) is 3.94. The Morgan fingerprint density at radius 2 is 1.04 bits per heavy atom. The summed E-state index contributed by atoms with van der Waals surface area (Å²) in [6, 6.07) is 59.5. The Morgan fingerprint density at radius 1 is 0.436 bits per heavy atom. The number of benzene rings is 9. The minimum atomic E-state index is 0.783. The number of hydrogen-bond donors (Lipinski definition) is 1. The Labute approximate surface area is 317 Å². The van der Waals surface area contributed by atoms with E-state index in [9.17, 15) is 0 Å². The maximum Gasteiger partial charge on any atom is 0.165 e. The fraction of sp³-hybridized carbons (Fsp3) is 0. The van der Waals surface area contributed by atoms with Crippen LogP contribution in [0.2, 0.25) is 0 Å². The van der Waals surface area contributed by atoms with Gasteiger partial charge in [0.15, 0.2) is 11.5 Å². The van der Waals surface area contributed by atoms with Gasteiger partial charge in [-0.05, 0) is 68.0 Å². The van der Waals surface area contributed by atoms with Crippen molar-refractivity contribution < 1.29 is 0 Å². The number of aromatic amines is 1. The summed E-state index contributed by atoms with van der Waals surface area (Å²) < 4.78 is 4.91. The molecule has 0 aliphatic carbocycles. The Hall–Kier alpha value is -7.08. The molecule has 4 heterocycles. The van der Waals surface area contributed by atoms with Crippen molar-refractivity contribution >= 4 is 118 Å². The minimum Gasteiger partial charge on any atom is -0.338 e. The summed E-state index contributed by atoms with van der Waals surface area (Å²) in [6.07, 6.45) is 0. The number of H-pyrrole nitrogens is 1. The Kier molecular flexibility index (Phi) is 5.74. The van der Waals surface area contributed by atoms with Gasteiger partial charge in [0.1, 0.15) is 11.2 Å². The molecule has 254 valence electrons. The van der Waals surface area contributed by atoms with E-state index in [0.717, 1.165) is 50.2 Å². The molecule has 0 aliphatic heterocycles. The normalized spacial score (nSPS) is 12.4. The van der Waals surface area contributed by atoms with Gasteiger partial charge >= 0.3 is 0 Å². The summed E-state index contributed by atoms with van der Waals surface area (Å²) >= 11 is 1.83. The summed E-state index contributed by atoms with van der Waals surface area (Å²) in [6.45, 7) is 0. The molecule has 0 unspecified atom stereocenters. The van der Waals surface area contributed by atoms with Gasteiger partial charge in [-0.3, -0.25) is 4.57 Å². The summed E-state index contributed by atoms with van der Waals surface area (Å²) in [5.41, 5.74) is 6.77. The molecule has 55 heavy (non-hydrogen) atoms. The van der Waals surface area contributed by atoms with Crippen LogP contribution in [0.1, 0.15) is 0 Å². The highest BCUT2D eigenvalue weighted by Gasteiger charge is 2.24. The molecule has 0 fully saturated rings. The van der Waals surface area contributed by atoms with Crippen molar-refractivity contribution in [1.29, 1.82) is 0 Å². The molecule has 4 nitrogen and oxygen atoms in total. The maximum atomic E-state index is 5.65. The van der Waals surface area contributed by atoms with Crippen molar-refractivity contribution in [2.75, 3.05) is 0 Å². The van der Waals surface area contributed by atoms with Crippen molar-refractivity contribution in [2.24, 2.45) is 0 Å². The number of nitrogens with one attached hydrogen (secondary N) is 1. The fourth-order valence-corrected chi connectivity index (χ4v) is 10.5. The van der Waals surface area contributed by atoms with Crippen molar-refractivity contribution in [1.82, 2.24) is 19.5 Å². The number of nitrogens with zero attached hydrogens (tertiary/aromatic N) is 3. The monoisotopic (exact) mass is 716 g/mol. The van der Waals surface area contributed by atoms with Crippen molar-refractivity contribution in [3.8, 4) is 17.1 Å². The van der Waals surface area contributed by atoms with E-state index in [-0.39, 0.29) is 0 Å². The zero-order chi connectivity index (χ0) is 35.8. The summed E-state index contributed by atoms with van der Waals surface area (Å²) in [5.74, 6) is 0.817. The van der Waals surface area contributed by atoms with Crippen LogP contribution in [0.25, 0.3) is 124 Å². The highest BCUT2D eigenvalue weighted by Crippen LogP contribution is 2.46. The van der Waals surface area contributed by atoms with E-state index in [1.54, 1.807) is 0 Å². The maximum absolute atomic E-state index is 5.65. The van der Waals surface area contributed by atoms with Gasteiger partial charge in [0.05, 0.1) is 11.0 Å². The van der Waals surface area contributed by atoms with Crippen molar-refractivity contribution in [2.45, 2.75) is 0 Å².